The number of carbonyl (C=O) groups is 2. The van der Waals surface area contributed by atoms with Crippen LogP contribution < -0.4 is 0 Å². The summed E-state index contributed by atoms with van der Waals surface area (Å²) in [6, 6.07) is 4.89. The third kappa shape index (κ3) is 1.71. The Kier molecular flexibility index (Phi) is 2.21. The molecule has 0 aliphatic rings. The van der Waals surface area contributed by atoms with Crippen molar-refractivity contribution in [1.82, 2.24) is 4.98 Å². The highest BCUT2D eigenvalue weighted by atomic mass is 16.4. The smallest absolute Gasteiger partial charge is 0.312 e. The first-order valence-electron chi connectivity index (χ1n) is 4.26. The first-order valence-corrected chi connectivity index (χ1v) is 4.26. The molecule has 0 fully saturated rings. The third-order valence-corrected chi connectivity index (χ3v) is 1.92. The summed E-state index contributed by atoms with van der Waals surface area (Å²) >= 11 is 0. The second-order valence-electron chi connectivity index (χ2n) is 2.99. The van der Waals surface area contributed by atoms with Crippen molar-refractivity contribution in [3.63, 3.8) is 0 Å². The summed E-state index contributed by atoms with van der Waals surface area (Å²) in [7, 11) is 0. The first-order chi connectivity index (χ1) is 7.20. The molecule has 1 heterocycles. The van der Waals surface area contributed by atoms with Gasteiger partial charge >= 0.3 is 5.97 Å². The van der Waals surface area contributed by atoms with Crippen LogP contribution in [0, 0.1) is 0 Å². The van der Waals surface area contributed by atoms with Gasteiger partial charge in [-0.2, -0.15) is 0 Å². The van der Waals surface area contributed by atoms with E-state index in [-0.39, 0.29) is 12.3 Å². The quantitative estimate of drug-likeness (QED) is 0.763. The first kappa shape index (κ1) is 9.39. The molecule has 15 heavy (non-hydrogen) atoms. The van der Waals surface area contributed by atoms with E-state index in [1.165, 1.54) is 0 Å². The summed E-state index contributed by atoms with van der Waals surface area (Å²) in [5.41, 5.74) is 1.23. The lowest BCUT2D eigenvalue weighted by molar-refractivity contribution is -0.136. The van der Waals surface area contributed by atoms with Crippen molar-refractivity contribution in [2.75, 3.05) is 0 Å². The lowest BCUT2D eigenvalue weighted by Gasteiger charge is -1.87. The molecule has 0 radical (unpaired) electrons. The second-order valence-corrected chi connectivity index (χ2v) is 2.99. The highest BCUT2D eigenvalue weighted by molar-refractivity contribution is 5.93. The van der Waals surface area contributed by atoms with Crippen LogP contribution in [0.3, 0.4) is 0 Å². The number of rotatable bonds is 3. The van der Waals surface area contributed by atoms with Crippen LogP contribution in [0.25, 0.3) is 11.1 Å². The Morgan fingerprint density at radius 1 is 1.53 bits per heavy atom. The van der Waals surface area contributed by atoms with E-state index in [0.29, 0.717) is 22.9 Å². The Balaban J connectivity index is 2.54. The number of carboxylic acids is 1. The van der Waals surface area contributed by atoms with Crippen molar-refractivity contribution in [3.8, 4) is 0 Å². The minimum atomic E-state index is -1.02. The van der Waals surface area contributed by atoms with Crippen molar-refractivity contribution < 1.29 is 19.1 Å². The number of benzene rings is 1. The van der Waals surface area contributed by atoms with E-state index in [1.807, 2.05) is 0 Å². The molecule has 5 heteroatoms. The maximum atomic E-state index is 10.7. The second kappa shape index (κ2) is 3.53. The molecule has 0 spiro atoms. The fourth-order valence-corrected chi connectivity index (χ4v) is 1.32. The lowest BCUT2D eigenvalue weighted by atomic mass is 10.2. The molecule has 0 bridgehead atoms. The summed E-state index contributed by atoms with van der Waals surface area (Å²) in [6.07, 6.45) is 0.377. The van der Waals surface area contributed by atoms with Gasteiger partial charge in [0.25, 0.3) is 0 Å². The van der Waals surface area contributed by atoms with Crippen molar-refractivity contribution in [3.05, 3.63) is 29.7 Å². The molecule has 1 aromatic carbocycles. The number of hydrogen-bond donors (Lipinski definition) is 1. The van der Waals surface area contributed by atoms with Crippen molar-refractivity contribution in [1.29, 1.82) is 0 Å². The molecule has 0 aliphatic carbocycles. The molecular weight excluding hydrogens is 198 g/mol. The van der Waals surface area contributed by atoms with Crippen LogP contribution in [0.5, 0.6) is 0 Å². The predicted octanol–water partition coefficient (Wildman–Crippen LogP) is 1.27. The highest BCUT2D eigenvalue weighted by Crippen LogP contribution is 2.18. The van der Waals surface area contributed by atoms with Crippen LogP contribution in [0.2, 0.25) is 0 Å². The Bertz CT molecular complexity index is 529. The number of hydrogen-bond acceptors (Lipinski definition) is 4. The minimum Gasteiger partial charge on any atom is -0.481 e. The Hall–Kier alpha value is -2.17. The molecule has 2 rings (SSSR count). The van der Waals surface area contributed by atoms with E-state index in [0.717, 1.165) is 0 Å². The fourth-order valence-electron chi connectivity index (χ4n) is 1.32. The van der Waals surface area contributed by atoms with Crippen LogP contribution in [0.15, 0.2) is 22.6 Å². The van der Waals surface area contributed by atoms with E-state index in [1.54, 1.807) is 18.2 Å². The normalized spacial score (nSPS) is 10.4. The molecule has 2 aromatic rings. The summed E-state index contributed by atoms with van der Waals surface area (Å²) in [5.74, 6) is -0.916. The molecule has 0 atom stereocenters. The number of carboxylic acid groups (broad SMARTS) is 1. The van der Waals surface area contributed by atoms with Crippen molar-refractivity contribution in [2.45, 2.75) is 6.42 Å². The van der Waals surface area contributed by atoms with Crippen LogP contribution in [-0.4, -0.2) is 22.3 Å². The minimum absolute atomic E-state index is 0.104. The van der Waals surface area contributed by atoms with Crippen molar-refractivity contribution in [2.24, 2.45) is 0 Å². The average Bonchev–Trinajstić information content (AvgIpc) is 2.58. The van der Waals surface area contributed by atoms with Gasteiger partial charge in [-0.05, 0) is 12.1 Å². The molecule has 0 unspecified atom stereocenters. The molecule has 1 N–H and O–H groups in total. The molecular formula is C10H7NO4. The van der Waals surface area contributed by atoms with Gasteiger partial charge in [0.15, 0.2) is 11.9 Å². The number of para-hydroxylation sites is 1. The molecule has 0 saturated carbocycles. The van der Waals surface area contributed by atoms with Gasteiger partial charge in [0.1, 0.15) is 11.9 Å². The predicted molar refractivity (Wildman–Crippen MR) is 50.7 cm³/mol. The standard InChI is InChI=1S/C10H7NO4/c12-5-6-2-1-3-7-10(6)11-8(15-7)4-9(13)14/h1-3,5H,4H2,(H,13,14). The summed E-state index contributed by atoms with van der Waals surface area (Å²) in [4.78, 5) is 25.0. The van der Waals surface area contributed by atoms with Gasteiger partial charge in [0.05, 0.1) is 0 Å². The molecule has 0 amide bonds. The zero-order valence-corrected chi connectivity index (χ0v) is 7.64. The van der Waals surface area contributed by atoms with Gasteiger partial charge in [-0.25, -0.2) is 4.98 Å². The summed E-state index contributed by atoms with van der Waals surface area (Å²) in [5, 5.41) is 8.55. The van der Waals surface area contributed by atoms with Gasteiger partial charge in [-0.15, -0.1) is 0 Å². The number of aliphatic carboxylic acids is 1. The van der Waals surface area contributed by atoms with Gasteiger partial charge in [-0.1, -0.05) is 6.07 Å². The molecule has 0 saturated heterocycles. The van der Waals surface area contributed by atoms with Crippen LogP contribution in [0.4, 0.5) is 0 Å². The number of fused-ring (bicyclic) bond motifs is 1. The van der Waals surface area contributed by atoms with Crippen LogP contribution >= 0.6 is 0 Å². The number of nitrogens with zero attached hydrogens (tertiary/aromatic N) is 1. The zero-order chi connectivity index (χ0) is 10.8. The summed E-state index contributed by atoms with van der Waals surface area (Å²) < 4.78 is 5.17. The monoisotopic (exact) mass is 205 g/mol. The van der Waals surface area contributed by atoms with E-state index in [9.17, 15) is 9.59 Å². The molecule has 76 valence electrons. The SMILES string of the molecule is O=Cc1cccc2oc(CC(=O)O)nc12. The van der Waals surface area contributed by atoms with Gasteiger partial charge in [-0.3, -0.25) is 9.59 Å². The lowest BCUT2D eigenvalue weighted by Crippen LogP contribution is -1.99. The number of aromatic nitrogens is 1. The Morgan fingerprint density at radius 2 is 2.33 bits per heavy atom. The van der Waals surface area contributed by atoms with Crippen LogP contribution in [0.1, 0.15) is 16.2 Å². The maximum Gasteiger partial charge on any atom is 0.312 e. The fraction of sp³-hybridized carbons (Fsp3) is 0.100. The Morgan fingerprint density at radius 3 is 3.00 bits per heavy atom. The largest absolute Gasteiger partial charge is 0.481 e. The highest BCUT2D eigenvalue weighted by Gasteiger charge is 2.11. The molecule has 1 aromatic heterocycles. The van der Waals surface area contributed by atoms with Gasteiger partial charge in [0.2, 0.25) is 5.89 Å². The van der Waals surface area contributed by atoms with E-state index in [2.05, 4.69) is 4.98 Å². The topological polar surface area (TPSA) is 80.4 Å². The molecule has 0 aliphatic heterocycles. The summed E-state index contributed by atoms with van der Waals surface area (Å²) in [6.45, 7) is 0. The van der Waals surface area contributed by atoms with Crippen molar-refractivity contribution >= 4 is 23.4 Å². The average molecular weight is 205 g/mol. The van der Waals surface area contributed by atoms with Crippen LogP contribution in [-0.2, 0) is 11.2 Å². The zero-order valence-electron chi connectivity index (χ0n) is 7.64. The van der Waals surface area contributed by atoms with E-state index < -0.39 is 5.97 Å². The van der Waals surface area contributed by atoms with Gasteiger partial charge in [0, 0.05) is 5.56 Å². The van der Waals surface area contributed by atoms with Gasteiger partial charge < -0.3 is 9.52 Å². The van der Waals surface area contributed by atoms with E-state index >= 15 is 0 Å². The number of aldehydes is 1. The maximum absolute atomic E-state index is 10.7. The molecule has 5 nitrogen and oxygen atoms in total. The third-order valence-electron chi connectivity index (χ3n) is 1.92. The number of carbonyl (C=O) groups excluding carboxylic acids is 1. The number of oxazole rings is 1. The van der Waals surface area contributed by atoms with E-state index in [4.69, 9.17) is 9.52 Å². The Labute approximate surface area is 84.3 Å².